The van der Waals surface area contributed by atoms with Gasteiger partial charge in [-0.15, -0.1) is 0 Å². The van der Waals surface area contributed by atoms with Crippen molar-refractivity contribution in [1.29, 1.82) is 0 Å². The van der Waals surface area contributed by atoms with Crippen LogP contribution >= 0.6 is 23.2 Å². The number of rotatable bonds is 5. The summed E-state index contributed by atoms with van der Waals surface area (Å²) < 4.78 is 6.44. The molecule has 0 radical (unpaired) electrons. The standard InChI is InChI=1S/C16H16Cl2N4O5/c1-16(24,8-21-7-13(22(25)26)19-14(21)18)9-27-15(23)20-5-10-2-3-12(17)4-11(10)6-20/h2-4,7,24H,5-6,8-9H2,1H3. The summed E-state index contributed by atoms with van der Waals surface area (Å²) in [4.78, 5) is 27.4. The van der Waals surface area contributed by atoms with Gasteiger partial charge in [-0.2, -0.15) is 0 Å². The van der Waals surface area contributed by atoms with Crippen molar-refractivity contribution in [3.8, 4) is 0 Å². The molecule has 144 valence electrons. The molecule has 0 saturated carbocycles. The Morgan fingerprint density at radius 2 is 2.11 bits per heavy atom. The fraction of sp³-hybridized carbons (Fsp3) is 0.375. The molecule has 1 atom stereocenters. The van der Waals surface area contributed by atoms with Gasteiger partial charge in [0.05, 0.1) is 6.54 Å². The van der Waals surface area contributed by atoms with Gasteiger partial charge in [-0.1, -0.05) is 17.7 Å². The minimum Gasteiger partial charge on any atom is -0.446 e. The van der Waals surface area contributed by atoms with Crippen LogP contribution in [0.1, 0.15) is 18.1 Å². The molecule has 1 unspecified atom stereocenters. The molecular formula is C16H16Cl2N4O5. The zero-order valence-electron chi connectivity index (χ0n) is 14.3. The van der Waals surface area contributed by atoms with E-state index in [1.165, 1.54) is 16.4 Å². The maximum atomic E-state index is 12.3. The number of halogens is 2. The van der Waals surface area contributed by atoms with E-state index in [4.69, 9.17) is 27.9 Å². The second-order valence-corrected chi connectivity index (χ2v) is 7.35. The number of aliphatic hydroxyl groups is 1. The number of fused-ring (bicyclic) bond motifs is 1. The van der Waals surface area contributed by atoms with Gasteiger partial charge in [0.15, 0.2) is 0 Å². The van der Waals surface area contributed by atoms with Gasteiger partial charge in [0.25, 0.3) is 0 Å². The molecule has 1 aromatic carbocycles. The molecular weight excluding hydrogens is 399 g/mol. The molecule has 11 heteroatoms. The van der Waals surface area contributed by atoms with Crippen molar-refractivity contribution in [3.63, 3.8) is 0 Å². The van der Waals surface area contributed by atoms with Crippen molar-refractivity contribution < 1.29 is 19.6 Å². The van der Waals surface area contributed by atoms with Gasteiger partial charge in [0.1, 0.15) is 18.4 Å². The molecule has 1 N–H and O–H groups in total. The molecule has 0 fully saturated rings. The summed E-state index contributed by atoms with van der Waals surface area (Å²) in [5.74, 6) is -0.429. The molecule has 1 aliphatic rings. The number of hydrogen-bond donors (Lipinski definition) is 1. The number of hydrogen-bond acceptors (Lipinski definition) is 6. The van der Waals surface area contributed by atoms with Gasteiger partial charge in [-0.25, -0.2) is 4.79 Å². The highest BCUT2D eigenvalue weighted by Crippen LogP contribution is 2.26. The maximum Gasteiger partial charge on any atom is 0.410 e. The SMILES string of the molecule is CC(O)(COC(=O)N1Cc2ccc(Cl)cc2C1)Cn1cc([N+](=O)[O-])nc1Cl. The predicted octanol–water partition coefficient (Wildman–Crippen LogP) is 3.00. The Kier molecular flexibility index (Phi) is 5.27. The summed E-state index contributed by atoms with van der Waals surface area (Å²) in [5, 5.41) is 21.6. The number of carbonyl (C=O) groups is 1. The van der Waals surface area contributed by atoms with E-state index in [1.54, 1.807) is 12.1 Å². The largest absolute Gasteiger partial charge is 0.446 e. The molecule has 0 aliphatic carbocycles. The van der Waals surface area contributed by atoms with Crippen LogP contribution in [-0.4, -0.2) is 42.8 Å². The molecule has 1 aromatic heterocycles. The lowest BCUT2D eigenvalue weighted by Gasteiger charge is -2.24. The van der Waals surface area contributed by atoms with Crippen molar-refractivity contribution in [2.24, 2.45) is 0 Å². The summed E-state index contributed by atoms with van der Waals surface area (Å²) >= 11 is 11.8. The summed E-state index contributed by atoms with van der Waals surface area (Å²) in [6, 6.07) is 5.41. The average molecular weight is 415 g/mol. The number of nitrogens with zero attached hydrogens (tertiary/aromatic N) is 4. The molecule has 0 bridgehead atoms. The van der Waals surface area contributed by atoms with E-state index >= 15 is 0 Å². The smallest absolute Gasteiger partial charge is 0.410 e. The topological polar surface area (TPSA) is 111 Å². The highest BCUT2D eigenvalue weighted by atomic mass is 35.5. The predicted molar refractivity (Wildman–Crippen MR) is 96.6 cm³/mol. The van der Waals surface area contributed by atoms with E-state index in [0.29, 0.717) is 18.1 Å². The van der Waals surface area contributed by atoms with Crippen LogP contribution in [0, 0.1) is 10.1 Å². The zero-order chi connectivity index (χ0) is 19.8. The van der Waals surface area contributed by atoms with Crippen LogP contribution in [0.2, 0.25) is 10.3 Å². The summed E-state index contributed by atoms with van der Waals surface area (Å²) in [6.45, 7) is 1.75. The fourth-order valence-electron chi connectivity index (χ4n) is 2.79. The maximum absolute atomic E-state index is 12.3. The number of nitro groups is 1. The number of ether oxygens (including phenoxy) is 1. The van der Waals surface area contributed by atoms with Crippen molar-refractivity contribution in [1.82, 2.24) is 14.5 Å². The molecule has 1 amide bonds. The van der Waals surface area contributed by atoms with Gasteiger partial charge in [0, 0.05) is 18.1 Å². The van der Waals surface area contributed by atoms with E-state index in [2.05, 4.69) is 4.98 Å². The first-order valence-electron chi connectivity index (χ1n) is 7.93. The van der Waals surface area contributed by atoms with Crippen LogP contribution < -0.4 is 0 Å². The molecule has 9 nitrogen and oxygen atoms in total. The van der Waals surface area contributed by atoms with Gasteiger partial charge in [-0.05, 0) is 51.7 Å². The number of benzene rings is 1. The molecule has 0 saturated heterocycles. The van der Waals surface area contributed by atoms with Crippen LogP contribution in [0.3, 0.4) is 0 Å². The van der Waals surface area contributed by atoms with E-state index in [9.17, 15) is 20.0 Å². The third kappa shape index (κ3) is 4.49. The number of amides is 1. The Morgan fingerprint density at radius 3 is 2.78 bits per heavy atom. The zero-order valence-corrected chi connectivity index (χ0v) is 15.8. The summed E-state index contributed by atoms with van der Waals surface area (Å²) in [7, 11) is 0. The van der Waals surface area contributed by atoms with E-state index in [1.807, 2.05) is 6.07 Å². The normalized spacial score (nSPS) is 15.3. The lowest BCUT2D eigenvalue weighted by Crippen LogP contribution is -2.39. The van der Waals surface area contributed by atoms with Crippen LogP contribution in [0.5, 0.6) is 0 Å². The first-order chi connectivity index (χ1) is 12.6. The minimum atomic E-state index is -1.50. The lowest BCUT2D eigenvalue weighted by molar-refractivity contribution is -0.389. The third-order valence-corrected chi connectivity index (χ3v) is 4.61. The van der Waals surface area contributed by atoms with Crippen LogP contribution in [0.15, 0.2) is 24.4 Å². The average Bonchev–Trinajstić information content (AvgIpc) is 3.16. The van der Waals surface area contributed by atoms with Crippen molar-refractivity contribution in [2.75, 3.05) is 6.61 Å². The minimum absolute atomic E-state index is 0.129. The molecule has 1 aliphatic heterocycles. The Bertz CT molecular complexity index is 899. The number of carbonyl (C=O) groups excluding carboxylic acids is 1. The monoisotopic (exact) mass is 414 g/mol. The van der Waals surface area contributed by atoms with Gasteiger partial charge >= 0.3 is 17.2 Å². The quantitative estimate of drug-likeness (QED) is 0.594. The van der Waals surface area contributed by atoms with Crippen LogP contribution in [-0.2, 0) is 24.4 Å². The van der Waals surface area contributed by atoms with E-state index in [0.717, 1.165) is 17.3 Å². The molecule has 3 rings (SSSR count). The lowest BCUT2D eigenvalue weighted by atomic mass is 10.1. The van der Waals surface area contributed by atoms with Crippen molar-refractivity contribution >= 4 is 35.1 Å². The molecule has 2 heterocycles. The third-order valence-electron chi connectivity index (χ3n) is 4.07. The van der Waals surface area contributed by atoms with E-state index < -0.39 is 22.4 Å². The first kappa shape index (κ1) is 19.4. The summed E-state index contributed by atoms with van der Waals surface area (Å²) in [6.07, 6.45) is 0.532. The molecule has 0 spiro atoms. The molecule has 2 aromatic rings. The number of imidazole rings is 1. The van der Waals surface area contributed by atoms with Gasteiger partial charge in [-0.3, -0.25) is 9.47 Å². The Hall–Kier alpha value is -2.36. The Balaban J connectivity index is 1.57. The van der Waals surface area contributed by atoms with Crippen molar-refractivity contribution in [2.45, 2.75) is 32.2 Å². The Morgan fingerprint density at radius 1 is 1.41 bits per heavy atom. The van der Waals surface area contributed by atoms with E-state index in [-0.39, 0.29) is 18.4 Å². The Labute approximate surface area is 164 Å². The highest BCUT2D eigenvalue weighted by molar-refractivity contribution is 6.30. The van der Waals surface area contributed by atoms with Gasteiger partial charge < -0.3 is 20.0 Å². The van der Waals surface area contributed by atoms with Crippen LogP contribution in [0.4, 0.5) is 10.6 Å². The first-order valence-corrected chi connectivity index (χ1v) is 8.69. The second-order valence-electron chi connectivity index (χ2n) is 6.57. The van der Waals surface area contributed by atoms with Gasteiger partial charge in [0.2, 0.25) is 0 Å². The summed E-state index contributed by atoms with van der Waals surface area (Å²) in [5.41, 5.74) is 0.438. The highest BCUT2D eigenvalue weighted by Gasteiger charge is 2.30. The second kappa shape index (κ2) is 7.34. The van der Waals surface area contributed by atoms with Crippen molar-refractivity contribution in [3.05, 3.63) is 55.9 Å². The van der Waals surface area contributed by atoms with Crippen LogP contribution in [0.25, 0.3) is 0 Å². The number of aromatic nitrogens is 2. The molecule has 27 heavy (non-hydrogen) atoms. The fourth-order valence-corrected chi connectivity index (χ4v) is 3.18.